The number of amides is 3. The molecule has 2 aliphatic rings. The normalized spacial score (nSPS) is 21.2. The van der Waals surface area contributed by atoms with Crippen LogP contribution in [0.4, 0.5) is 14.9 Å². The molecule has 0 spiro atoms. The molecule has 0 bridgehead atoms. The van der Waals surface area contributed by atoms with Gasteiger partial charge in [0.05, 0.1) is 11.6 Å². The van der Waals surface area contributed by atoms with Gasteiger partial charge in [-0.15, -0.1) is 0 Å². The van der Waals surface area contributed by atoms with Crippen LogP contribution in [0.2, 0.25) is 0 Å². The topological polar surface area (TPSA) is 78.7 Å². The Kier molecular flexibility index (Phi) is 3.19. The number of aryl methyl sites for hydroxylation is 1. The quantitative estimate of drug-likeness (QED) is 0.743. The van der Waals surface area contributed by atoms with Gasteiger partial charge in [0, 0.05) is 31.9 Å². The van der Waals surface area contributed by atoms with Crippen LogP contribution in [-0.2, 0) is 0 Å². The number of carbonyl (C=O) groups is 2. The molecule has 3 rings (SSSR count). The number of hydrogen-bond donors (Lipinski definition) is 2. The molecule has 1 aromatic rings. The van der Waals surface area contributed by atoms with E-state index in [1.807, 2.05) is 0 Å². The Hall–Kier alpha value is -2.31. The van der Waals surface area contributed by atoms with E-state index in [9.17, 15) is 14.0 Å². The minimum atomic E-state index is -0.530. The Morgan fingerprint density at radius 2 is 2.19 bits per heavy atom. The van der Waals surface area contributed by atoms with Crippen LogP contribution in [0.15, 0.2) is 12.1 Å². The lowest BCUT2D eigenvalue weighted by Crippen LogP contribution is -2.53. The van der Waals surface area contributed by atoms with Crippen LogP contribution in [0.25, 0.3) is 0 Å². The Balaban J connectivity index is 1.82. The third-order valence-electron chi connectivity index (χ3n) is 4.03. The van der Waals surface area contributed by atoms with E-state index in [4.69, 9.17) is 5.73 Å². The third-order valence-corrected chi connectivity index (χ3v) is 4.03. The van der Waals surface area contributed by atoms with E-state index in [-0.39, 0.29) is 23.5 Å². The standard InChI is InChI=1S/C14H17FN4O2/c1-8-4-9(16)5-11(12(8)15)13(20)18-2-3-19-10(7-18)6-17-14(19)21/h4-5,10H,2-3,6-7,16H2,1H3,(H,17,21). The van der Waals surface area contributed by atoms with Crippen molar-refractivity contribution in [3.8, 4) is 0 Å². The van der Waals surface area contributed by atoms with E-state index in [1.54, 1.807) is 16.7 Å². The van der Waals surface area contributed by atoms with E-state index in [0.717, 1.165) is 0 Å². The minimum absolute atomic E-state index is 0.00164. The third kappa shape index (κ3) is 2.28. The van der Waals surface area contributed by atoms with Gasteiger partial charge in [0.25, 0.3) is 5.91 Å². The maximum Gasteiger partial charge on any atom is 0.317 e. The second-order valence-electron chi connectivity index (χ2n) is 5.48. The average Bonchev–Trinajstić information content (AvgIpc) is 2.83. The first kappa shape index (κ1) is 13.7. The number of piperazine rings is 1. The number of hydrogen-bond acceptors (Lipinski definition) is 3. The number of nitrogen functional groups attached to an aromatic ring is 1. The number of carbonyl (C=O) groups excluding carboxylic acids is 2. The molecule has 0 saturated carbocycles. The number of nitrogens with two attached hydrogens (primary N) is 1. The predicted molar refractivity (Wildman–Crippen MR) is 75.3 cm³/mol. The fourth-order valence-corrected chi connectivity index (χ4v) is 2.91. The van der Waals surface area contributed by atoms with Crippen LogP contribution in [0, 0.1) is 12.7 Å². The lowest BCUT2D eigenvalue weighted by Gasteiger charge is -2.36. The lowest BCUT2D eigenvalue weighted by molar-refractivity contribution is 0.0612. The fourth-order valence-electron chi connectivity index (χ4n) is 2.91. The van der Waals surface area contributed by atoms with Crippen molar-refractivity contribution in [1.82, 2.24) is 15.1 Å². The summed E-state index contributed by atoms with van der Waals surface area (Å²) in [6.45, 7) is 3.37. The van der Waals surface area contributed by atoms with Crippen LogP contribution in [0.1, 0.15) is 15.9 Å². The summed E-state index contributed by atoms with van der Waals surface area (Å²) in [4.78, 5) is 27.3. The second-order valence-corrected chi connectivity index (χ2v) is 5.48. The van der Waals surface area contributed by atoms with Gasteiger partial charge in [-0.2, -0.15) is 0 Å². The zero-order valence-electron chi connectivity index (χ0n) is 11.7. The molecule has 7 heteroatoms. The van der Waals surface area contributed by atoms with Gasteiger partial charge in [-0.3, -0.25) is 4.79 Å². The molecule has 2 heterocycles. The van der Waals surface area contributed by atoms with Crippen molar-refractivity contribution in [2.75, 3.05) is 31.9 Å². The van der Waals surface area contributed by atoms with Crippen molar-refractivity contribution in [1.29, 1.82) is 0 Å². The largest absolute Gasteiger partial charge is 0.399 e. The molecule has 2 fully saturated rings. The first-order valence-electron chi connectivity index (χ1n) is 6.86. The van der Waals surface area contributed by atoms with Crippen LogP contribution in [0.3, 0.4) is 0 Å². The second kappa shape index (κ2) is 4.91. The van der Waals surface area contributed by atoms with Crippen LogP contribution in [-0.4, -0.2) is 54.0 Å². The highest BCUT2D eigenvalue weighted by atomic mass is 19.1. The van der Waals surface area contributed by atoms with Crippen LogP contribution < -0.4 is 11.1 Å². The molecule has 3 N–H and O–H groups in total. The molecule has 0 aromatic heterocycles. The van der Waals surface area contributed by atoms with Crippen molar-refractivity contribution in [3.63, 3.8) is 0 Å². The summed E-state index contributed by atoms with van der Waals surface area (Å²) in [5.74, 6) is -0.904. The molecular formula is C14H17FN4O2. The van der Waals surface area contributed by atoms with Gasteiger partial charge in [0.2, 0.25) is 0 Å². The number of rotatable bonds is 1. The zero-order chi connectivity index (χ0) is 15.1. The summed E-state index contributed by atoms with van der Waals surface area (Å²) in [5, 5.41) is 2.75. The van der Waals surface area contributed by atoms with Gasteiger partial charge in [0.15, 0.2) is 0 Å². The summed E-state index contributed by atoms with van der Waals surface area (Å²) in [7, 11) is 0. The van der Waals surface area contributed by atoms with E-state index in [2.05, 4.69) is 5.32 Å². The number of urea groups is 1. The number of halogens is 1. The average molecular weight is 292 g/mol. The van der Waals surface area contributed by atoms with Crippen molar-refractivity contribution < 1.29 is 14.0 Å². The Bertz CT molecular complexity index is 619. The minimum Gasteiger partial charge on any atom is -0.399 e. The number of fused-ring (bicyclic) bond motifs is 1. The highest BCUT2D eigenvalue weighted by Crippen LogP contribution is 2.21. The SMILES string of the molecule is Cc1cc(N)cc(C(=O)N2CCN3C(=O)NCC3C2)c1F. The van der Waals surface area contributed by atoms with E-state index < -0.39 is 5.82 Å². The Morgan fingerprint density at radius 3 is 2.95 bits per heavy atom. The first-order chi connectivity index (χ1) is 9.97. The molecule has 6 nitrogen and oxygen atoms in total. The molecule has 1 aromatic carbocycles. The molecule has 2 aliphatic heterocycles. The van der Waals surface area contributed by atoms with Gasteiger partial charge in [-0.25, -0.2) is 9.18 Å². The summed E-state index contributed by atoms with van der Waals surface area (Å²) >= 11 is 0. The van der Waals surface area contributed by atoms with Gasteiger partial charge in [-0.1, -0.05) is 0 Å². The molecule has 0 aliphatic carbocycles. The summed E-state index contributed by atoms with van der Waals surface area (Å²) in [6, 6.07) is 2.73. The number of nitrogens with zero attached hydrogens (tertiary/aromatic N) is 2. The van der Waals surface area contributed by atoms with Crippen LogP contribution in [0.5, 0.6) is 0 Å². The summed E-state index contributed by atoms with van der Waals surface area (Å²) in [6.07, 6.45) is 0. The van der Waals surface area contributed by atoms with Gasteiger partial charge >= 0.3 is 6.03 Å². The van der Waals surface area contributed by atoms with Crippen molar-refractivity contribution in [2.45, 2.75) is 13.0 Å². The maximum absolute atomic E-state index is 14.1. The molecule has 112 valence electrons. The van der Waals surface area contributed by atoms with Gasteiger partial charge in [-0.05, 0) is 24.6 Å². The molecular weight excluding hydrogens is 275 g/mol. The first-order valence-corrected chi connectivity index (χ1v) is 6.86. The van der Waals surface area contributed by atoms with Crippen molar-refractivity contribution in [3.05, 3.63) is 29.1 Å². The number of anilines is 1. The molecule has 21 heavy (non-hydrogen) atoms. The molecule has 0 radical (unpaired) electrons. The Morgan fingerprint density at radius 1 is 1.43 bits per heavy atom. The summed E-state index contributed by atoms with van der Waals surface area (Å²) in [5.41, 5.74) is 6.42. The van der Waals surface area contributed by atoms with E-state index in [0.29, 0.717) is 37.4 Å². The maximum atomic E-state index is 14.1. The van der Waals surface area contributed by atoms with Gasteiger partial charge in [0.1, 0.15) is 5.82 Å². The van der Waals surface area contributed by atoms with E-state index in [1.165, 1.54) is 12.1 Å². The monoisotopic (exact) mass is 292 g/mol. The van der Waals surface area contributed by atoms with Crippen molar-refractivity contribution >= 4 is 17.6 Å². The van der Waals surface area contributed by atoms with Gasteiger partial charge < -0.3 is 20.9 Å². The smallest absolute Gasteiger partial charge is 0.317 e. The highest BCUT2D eigenvalue weighted by molar-refractivity contribution is 5.96. The number of nitrogens with one attached hydrogen (secondary N) is 1. The predicted octanol–water partition coefficient (Wildman–Crippen LogP) is 0.566. The van der Waals surface area contributed by atoms with Crippen molar-refractivity contribution in [2.24, 2.45) is 0 Å². The zero-order valence-corrected chi connectivity index (χ0v) is 11.7. The molecule has 1 unspecified atom stereocenters. The fraction of sp³-hybridized carbons (Fsp3) is 0.429. The molecule has 3 amide bonds. The Labute approximate surface area is 121 Å². The lowest BCUT2D eigenvalue weighted by atomic mass is 10.1. The summed E-state index contributed by atoms with van der Waals surface area (Å²) < 4.78 is 14.1. The van der Waals surface area contributed by atoms with Crippen LogP contribution >= 0.6 is 0 Å². The number of benzene rings is 1. The van der Waals surface area contributed by atoms with E-state index >= 15 is 0 Å². The molecule has 2 saturated heterocycles. The molecule has 1 atom stereocenters. The highest BCUT2D eigenvalue weighted by Gasteiger charge is 2.37.